The largest absolute Gasteiger partial charge is 0.472 e. The van der Waals surface area contributed by atoms with E-state index in [0.717, 1.165) is 83.5 Å². The molecule has 0 aliphatic rings. The van der Waals surface area contributed by atoms with E-state index in [1.165, 1.54) is 244 Å². The van der Waals surface area contributed by atoms with Gasteiger partial charge in [-0.15, -0.1) is 0 Å². The number of ether oxygens (including phenoxy) is 1. The first kappa shape index (κ1) is 82.0. The highest BCUT2D eigenvalue weighted by atomic mass is 31.2. The number of nitrogens with one attached hydrogen (secondary N) is 1. The topological polar surface area (TPSA) is 111 Å². The molecule has 0 radical (unpaired) electrons. The third kappa shape index (κ3) is 64.4. The summed E-state index contributed by atoms with van der Waals surface area (Å²) in [7, 11) is 1.50. The van der Waals surface area contributed by atoms with E-state index in [1.807, 2.05) is 33.3 Å². The van der Waals surface area contributed by atoms with Crippen LogP contribution < -0.4 is 5.32 Å². The quantitative estimate of drug-likeness (QED) is 0.0205. The van der Waals surface area contributed by atoms with E-state index in [9.17, 15) is 19.0 Å². The van der Waals surface area contributed by atoms with E-state index in [2.05, 4.69) is 62.5 Å². The average molecular weight is 1200 g/mol. The molecule has 9 nitrogen and oxygen atoms in total. The number of allylic oxidation sites excluding steroid dienone is 7. The number of phosphoric acid groups is 1. The lowest BCUT2D eigenvalue weighted by Gasteiger charge is -2.27. The molecule has 0 spiro atoms. The molecule has 0 heterocycles. The molecule has 0 saturated carbocycles. The van der Waals surface area contributed by atoms with Crippen molar-refractivity contribution in [1.82, 2.24) is 5.32 Å². The van der Waals surface area contributed by atoms with Crippen molar-refractivity contribution in [3.8, 4) is 0 Å². The van der Waals surface area contributed by atoms with Gasteiger partial charge in [-0.05, 0) is 70.3 Å². The van der Waals surface area contributed by atoms with E-state index >= 15 is 0 Å². The van der Waals surface area contributed by atoms with Crippen molar-refractivity contribution in [2.75, 3.05) is 40.9 Å². The molecule has 0 aliphatic heterocycles. The van der Waals surface area contributed by atoms with Gasteiger partial charge in [0, 0.05) is 12.8 Å². The summed E-state index contributed by atoms with van der Waals surface area (Å²) >= 11 is 0. The minimum atomic E-state index is -4.46. The first-order chi connectivity index (χ1) is 40.9. The highest BCUT2D eigenvalue weighted by molar-refractivity contribution is 7.47. The summed E-state index contributed by atoms with van der Waals surface area (Å²) in [6.07, 6.45) is 81.3. The van der Waals surface area contributed by atoms with Crippen LogP contribution in [-0.2, 0) is 27.9 Å². The molecule has 0 saturated heterocycles. The van der Waals surface area contributed by atoms with Gasteiger partial charge in [0.15, 0.2) is 0 Å². The van der Waals surface area contributed by atoms with Gasteiger partial charge in [0.05, 0.1) is 33.8 Å². The molecule has 0 aromatic carbocycles. The van der Waals surface area contributed by atoms with Gasteiger partial charge in [-0.2, -0.15) is 0 Å². The predicted molar refractivity (Wildman–Crippen MR) is 365 cm³/mol. The Morgan fingerprint density at radius 3 is 1.11 bits per heavy atom. The Balaban J connectivity index is 5.02. The normalized spacial score (nSPS) is 13.8. The Morgan fingerprint density at radius 1 is 0.417 bits per heavy atom. The van der Waals surface area contributed by atoms with Gasteiger partial charge in [-0.25, -0.2) is 4.57 Å². The number of quaternary nitrogens is 1. The van der Waals surface area contributed by atoms with Gasteiger partial charge in [0.2, 0.25) is 5.91 Å². The lowest BCUT2D eigenvalue weighted by Crippen LogP contribution is -2.47. The minimum Gasteiger partial charge on any atom is -0.456 e. The summed E-state index contributed by atoms with van der Waals surface area (Å²) < 4.78 is 30.8. The van der Waals surface area contributed by atoms with E-state index in [-0.39, 0.29) is 25.1 Å². The highest BCUT2D eigenvalue weighted by Gasteiger charge is 2.30. The summed E-state index contributed by atoms with van der Waals surface area (Å²) in [5.41, 5.74) is 0. The summed E-state index contributed by atoms with van der Waals surface area (Å²) in [4.78, 5) is 37.9. The van der Waals surface area contributed by atoms with Crippen molar-refractivity contribution < 1.29 is 37.3 Å². The van der Waals surface area contributed by atoms with Crippen LogP contribution in [0.1, 0.15) is 361 Å². The zero-order valence-corrected chi connectivity index (χ0v) is 57.6. The second kappa shape index (κ2) is 64.0. The predicted octanol–water partition coefficient (Wildman–Crippen LogP) is 23.2. The van der Waals surface area contributed by atoms with Crippen molar-refractivity contribution in [2.24, 2.45) is 0 Å². The van der Waals surface area contributed by atoms with Crippen molar-refractivity contribution in [1.29, 1.82) is 0 Å². The molecular weight excluding hydrogens is 1060 g/mol. The summed E-state index contributed by atoms with van der Waals surface area (Å²) in [5, 5.41) is 3.07. The molecule has 3 atom stereocenters. The molecule has 494 valence electrons. The third-order valence-corrected chi connectivity index (χ3v) is 17.5. The van der Waals surface area contributed by atoms with Crippen LogP contribution in [0.4, 0.5) is 0 Å². The number of carbonyl (C=O) groups excluding carboxylic acids is 2. The van der Waals surface area contributed by atoms with Crippen LogP contribution in [-0.4, -0.2) is 74.3 Å². The van der Waals surface area contributed by atoms with E-state index in [1.54, 1.807) is 0 Å². The number of carbonyl (C=O) groups is 2. The first-order valence-corrected chi connectivity index (χ1v) is 38.0. The van der Waals surface area contributed by atoms with Crippen LogP contribution >= 0.6 is 7.82 Å². The van der Waals surface area contributed by atoms with Gasteiger partial charge >= 0.3 is 13.8 Å². The number of nitrogens with zero attached hydrogens (tertiary/aromatic N) is 1. The second-order valence-corrected chi connectivity index (χ2v) is 27.6. The smallest absolute Gasteiger partial charge is 0.456 e. The number of rotatable bonds is 67. The van der Waals surface area contributed by atoms with Gasteiger partial charge < -0.3 is 19.4 Å². The fourth-order valence-corrected chi connectivity index (χ4v) is 11.6. The molecule has 0 fully saturated rings. The fourth-order valence-electron chi connectivity index (χ4n) is 10.9. The van der Waals surface area contributed by atoms with Crippen LogP contribution in [0.3, 0.4) is 0 Å². The zero-order valence-electron chi connectivity index (χ0n) is 56.7. The average Bonchev–Trinajstić information content (AvgIpc) is 3.64. The Morgan fingerprint density at radius 2 is 0.726 bits per heavy atom. The number of likely N-dealkylation sites (N-methyl/N-ethyl adjacent to an activating group) is 1. The van der Waals surface area contributed by atoms with Gasteiger partial charge in [0.1, 0.15) is 19.3 Å². The molecule has 3 unspecified atom stereocenters. The maximum Gasteiger partial charge on any atom is 0.472 e. The molecule has 84 heavy (non-hydrogen) atoms. The number of amides is 1. The summed E-state index contributed by atoms with van der Waals surface area (Å²) in [6, 6.07) is -0.851. The van der Waals surface area contributed by atoms with Gasteiger partial charge in [0.25, 0.3) is 0 Å². The Hall–Kier alpha value is -2.03. The third-order valence-electron chi connectivity index (χ3n) is 16.5. The second-order valence-electron chi connectivity index (χ2n) is 26.1. The SMILES string of the molecule is CCCCC/C=C\C/C=C\C/C=C\CCCCCCCCCCC(=O)NC(COP(=O)(O)OCC[N+](C)(C)C)C(/C=C/CCCCCCCCCCCC)OC(=O)CCCCCCCCCCCCCCCCCCCCCCCCCCC. The van der Waals surface area contributed by atoms with E-state index < -0.39 is 20.0 Å². The standard InChI is InChI=1S/C74H141N2O7P/c1-7-10-13-16-19-22-25-28-30-32-34-36-37-38-39-41-43-45-47-49-52-55-58-61-64-67-74(78)83-72(65-62-59-56-53-50-27-24-21-18-15-12-9-3)71(70-82-84(79,80)81-69-68-76(4,5)6)75-73(77)66-63-60-57-54-51-48-46-44-42-40-35-33-31-29-26-23-20-17-14-11-8-2/h20,23,29,31,35,40,62,65,71-72H,7-19,21-22,24-28,30,32-34,36-39,41-61,63-64,66-70H2,1-6H3,(H-,75,77,79,80)/p+1/b23-20-,31-29-,40-35-,65-62+. The molecule has 0 aliphatic carbocycles. The van der Waals surface area contributed by atoms with E-state index in [4.69, 9.17) is 13.8 Å². The Labute approximate surface area is 522 Å². The van der Waals surface area contributed by atoms with Crippen LogP contribution in [0.5, 0.6) is 0 Å². The number of phosphoric ester groups is 1. The van der Waals surface area contributed by atoms with Gasteiger partial charge in [-0.3, -0.25) is 18.6 Å². The van der Waals surface area contributed by atoms with Crippen molar-refractivity contribution in [2.45, 2.75) is 373 Å². The number of hydrogen-bond donors (Lipinski definition) is 2. The van der Waals surface area contributed by atoms with E-state index in [0.29, 0.717) is 23.9 Å². The van der Waals surface area contributed by atoms with Crippen LogP contribution in [0, 0.1) is 0 Å². The van der Waals surface area contributed by atoms with Crippen LogP contribution in [0.25, 0.3) is 0 Å². The number of esters is 1. The van der Waals surface area contributed by atoms with Crippen molar-refractivity contribution in [3.05, 3.63) is 48.6 Å². The van der Waals surface area contributed by atoms with Gasteiger partial charge in [-0.1, -0.05) is 327 Å². The molecule has 2 N–H and O–H groups in total. The molecule has 10 heteroatoms. The molecule has 0 aromatic heterocycles. The molecule has 0 aromatic rings. The highest BCUT2D eigenvalue weighted by Crippen LogP contribution is 2.43. The monoisotopic (exact) mass is 1200 g/mol. The Bertz CT molecular complexity index is 1570. The zero-order chi connectivity index (χ0) is 61.4. The van der Waals surface area contributed by atoms with Crippen molar-refractivity contribution >= 4 is 19.7 Å². The minimum absolute atomic E-state index is 0.0400. The summed E-state index contributed by atoms with van der Waals surface area (Å²) in [6.45, 7) is 7.04. The molecule has 0 rings (SSSR count). The molecule has 1 amide bonds. The van der Waals surface area contributed by atoms with Crippen LogP contribution in [0.2, 0.25) is 0 Å². The Kier molecular flexibility index (Phi) is 62.4. The molecular formula is C74H142N2O7P+. The number of unbranched alkanes of at least 4 members (excludes halogenated alkanes) is 45. The lowest BCUT2D eigenvalue weighted by atomic mass is 10.0. The lowest BCUT2D eigenvalue weighted by molar-refractivity contribution is -0.870. The van der Waals surface area contributed by atoms with Crippen LogP contribution in [0.15, 0.2) is 48.6 Å². The maximum absolute atomic E-state index is 13.6. The fraction of sp³-hybridized carbons (Fsp3) is 0.865. The maximum atomic E-state index is 13.6. The summed E-state index contributed by atoms with van der Waals surface area (Å²) in [5.74, 6) is -0.496. The first-order valence-electron chi connectivity index (χ1n) is 36.5. The molecule has 0 bridgehead atoms. The van der Waals surface area contributed by atoms with Crippen molar-refractivity contribution in [3.63, 3.8) is 0 Å². The number of hydrogen-bond acceptors (Lipinski definition) is 6.